The molecule has 1 aromatic heterocycles. The van der Waals surface area contributed by atoms with Crippen molar-refractivity contribution in [2.75, 3.05) is 30.3 Å². The molecule has 11 nitrogen and oxygen atoms in total. The van der Waals surface area contributed by atoms with Crippen LogP contribution in [0.4, 0.5) is 34.3 Å². The Morgan fingerprint density at radius 3 is 2.30 bits per heavy atom. The van der Waals surface area contributed by atoms with E-state index in [1.807, 2.05) is 0 Å². The lowest BCUT2D eigenvalue weighted by Crippen LogP contribution is -2.36. The molecular formula is C19H23F3N6O5. The average Bonchev–Trinajstić information content (AvgIpc) is 3.14. The Labute approximate surface area is 186 Å². The van der Waals surface area contributed by atoms with Gasteiger partial charge < -0.3 is 30.0 Å². The normalized spacial score (nSPS) is 10.8. The van der Waals surface area contributed by atoms with Gasteiger partial charge in [-0.2, -0.15) is 0 Å². The van der Waals surface area contributed by atoms with Gasteiger partial charge in [0, 0.05) is 31.5 Å². The number of nitrogens with zero attached hydrogens (tertiary/aromatic N) is 2. The number of carbonyl (C=O) groups excluding carboxylic acids is 3. The highest BCUT2D eigenvalue weighted by atomic mass is 19.4. The Kier molecular flexibility index (Phi) is 8.89. The van der Waals surface area contributed by atoms with Crippen molar-refractivity contribution >= 4 is 29.5 Å². The lowest BCUT2D eigenvalue weighted by molar-refractivity contribution is -0.274. The smallest absolute Gasteiger partial charge is 0.450 e. The van der Waals surface area contributed by atoms with Gasteiger partial charge in [-0.05, 0) is 38.1 Å². The number of benzene rings is 1. The standard InChI is InChI=1S/C19H23F3N6O5/c1-3-28-11-14(26-15(28)16(29)23-9-10-24-18(31)32-4-2)27-17(30)25-12-5-7-13(8-6-12)33-19(20,21)22/h5-8,11H,3-4,9-10H2,1-2H3,(H,23,29)(H,24,31)(H2,25,27,30). The maximum atomic E-state index is 12.4. The number of hydrogen-bond acceptors (Lipinski definition) is 6. The second-order valence-electron chi connectivity index (χ2n) is 6.29. The topological polar surface area (TPSA) is 136 Å². The van der Waals surface area contributed by atoms with Gasteiger partial charge in [-0.25, -0.2) is 14.6 Å². The summed E-state index contributed by atoms with van der Waals surface area (Å²) in [4.78, 5) is 39.8. The predicted octanol–water partition coefficient (Wildman–Crippen LogP) is 2.92. The molecule has 1 aromatic carbocycles. The summed E-state index contributed by atoms with van der Waals surface area (Å²) >= 11 is 0. The fourth-order valence-electron chi connectivity index (χ4n) is 2.52. The minimum Gasteiger partial charge on any atom is -0.450 e. The van der Waals surface area contributed by atoms with Gasteiger partial charge in [0.2, 0.25) is 5.82 Å². The first kappa shape index (κ1) is 25.3. The Morgan fingerprint density at radius 2 is 1.70 bits per heavy atom. The summed E-state index contributed by atoms with van der Waals surface area (Å²) in [6, 6.07) is 3.84. The maximum absolute atomic E-state index is 12.4. The summed E-state index contributed by atoms with van der Waals surface area (Å²) in [5.74, 6) is -0.821. The number of amides is 4. The molecule has 2 rings (SSSR count). The fraction of sp³-hybridized carbons (Fsp3) is 0.368. The van der Waals surface area contributed by atoms with Crippen molar-refractivity contribution in [3.05, 3.63) is 36.3 Å². The molecule has 0 atom stereocenters. The lowest BCUT2D eigenvalue weighted by Gasteiger charge is -2.10. The van der Waals surface area contributed by atoms with Crippen LogP contribution < -0.4 is 26.0 Å². The minimum absolute atomic E-state index is 0.0394. The third kappa shape index (κ3) is 8.59. The number of halogens is 3. The SMILES string of the molecule is CCOC(=O)NCCNC(=O)c1nc(NC(=O)Nc2ccc(OC(F)(F)F)cc2)cn1CC. The van der Waals surface area contributed by atoms with Crippen LogP contribution in [0.5, 0.6) is 5.75 Å². The number of anilines is 2. The molecule has 0 radical (unpaired) electrons. The molecule has 4 N–H and O–H groups in total. The van der Waals surface area contributed by atoms with Crippen LogP contribution in [-0.4, -0.2) is 53.6 Å². The van der Waals surface area contributed by atoms with Gasteiger partial charge in [0.25, 0.3) is 5.91 Å². The van der Waals surface area contributed by atoms with Crippen LogP contribution in [0.15, 0.2) is 30.5 Å². The van der Waals surface area contributed by atoms with Crippen molar-refractivity contribution in [3.63, 3.8) is 0 Å². The zero-order valence-electron chi connectivity index (χ0n) is 17.8. The number of alkyl carbamates (subject to hydrolysis) is 1. The first-order chi connectivity index (χ1) is 15.6. The number of ether oxygens (including phenoxy) is 2. The lowest BCUT2D eigenvalue weighted by atomic mass is 10.3. The van der Waals surface area contributed by atoms with E-state index in [9.17, 15) is 27.6 Å². The van der Waals surface area contributed by atoms with E-state index < -0.39 is 30.1 Å². The van der Waals surface area contributed by atoms with E-state index in [1.54, 1.807) is 13.8 Å². The predicted molar refractivity (Wildman–Crippen MR) is 111 cm³/mol. The van der Waals surface area contributed by atoms with Crippen molar-refractivity contribution in [1.82, 2.24) is 20.2 Å². The number of aryl methyl sites for hydroxylation is 1. The van der Waals surface area contributed by atoms with Gasteiger partial charge >= 0.3 is 18.5 Å². The second-order valence-corrected chi connectivity index (χ2v) is 6.29. The van der Waals surface area contributed by atoms with Gasteiger partial charge in [0.15, 0.2) is 5.82 Å². The van der Waals surface area contributed by atoms with E-state index in [4.69, 9.17) is 4.74 Å². The van der Waals surface area contributed by atoms with Crippen LogP contribution in [0.3, 0.4) is 0 Å². The molecule has 14 heteroatoms. The Bertz CT molecular complexity index is 962. The largest absolute Gasteiger partial charge is 0.573 e. The van der Waals surface area contributed by atoms with Crippen molar-refractivity contribution in [2.45, 2.75) is 26.8 Å². The number of nitrogens with one attached hydrogen (secondary N) is 4. The molecule has 33 heavy (non-hydrogen) atoms. The molecule has 0 unspecified atom stereocenters. The molecule has 0 bridgehead atoms. The number of urea groups is 1. The zero-order valence-corrected chi connectivity index (χ0v) is 17.8. The van der Waals surface area contributed by atoms with E-state index in [-0.39, 0.29) is 37.0 Å². The highest BCUT2D eigenvalue weighted by molar-refractivity contribution is 5.99. The van der Waals surface area contributed by atoms with Crippen molar-refractivity contribution in [1.29, 1.82) is 0 Å². The van der Waals surface area contributed by atoms with Gasteiger partial charge in [0.1, 0.15) is 5.75 Å². The Morgan fingerprint density at radius 1 is 1.03 bits per heavy atom. The third-order valence-electron chi connectivity index (χ3n) is 3.86. The summed E-state index contributed by atoms with van der Waals surface area (Å²) in [5.41, 5.74) is 0.212. The molecule has 1 heterocycles. The molecule has 2 aromatic rings. The maximum Gasteiger partial charge on any atom is 0.573 e. The summed E-state index contributed by atoms with van der Waals surface area (Å²) < 4.78 is 46.6. The van der Waals surface area contributed by atoms with Crippen molar-refractivity contribution in [3.8, 4) is 5.75 Å². The minimum atomic E-state index is -4.81. The summed E-state index contributed by atoms with van der Waals surface area (Å²) in [6.45, 7) is 4.34. The average molecular weight is 472 g/mol. The van der Waals surface area contributed by atoms with E-state index >= 15 is 0 Å². The van der Waals surface area contributed by atoms with Gasteiger partial charge in [-0.3, -0.25) is 10.1 Å². The van der Waals surface area contributed by atoms with E-state index in [0.717, 1.165) is 12.1 Å². The molecule has 0 spiro atoms. The van der Waals surface area contributed by atoms with Crippen LogP contribution in [0.25, 0.3) is 0 Å². The summed E-state index contributed by atoms with van der Waals surface area (Å²) in [5, 5.41) is 9.92. The number of imidazole rings is 1. The number of alkyl halides is 3. The van der Waals surface area contributed by atoms with E-state index in [1.165, 1.54) is 22.9 Å². The van der Waals surface area contributed by atoms with Crippen molar-refractivity contribution in [2.24, 2.45) is 0 Å². The molecule has 0 fully saturated rings. The van der Waals surface area contributed by atoms with Crippen LogP contribution in [0, 0.1) is 0 Å². The zero-order chi connectivity index (χ0) is 24.4. The third-order valence-corrected chi connectivity index (χ3v) is 3.86. The van der Waals surface area contributed by atoms with Gasteiger partial charge in [-0.15, -0.1) is 13.2 Å². The van der Waals surface area contributed by atoms with Crippen LogP contribution >= 0.6 is 0 Å². The molecule has 0 aliphatic rings. The van der Waals surface area contributed by atoms with Gasteiger partial charge in [0.05, 0.1) is 6.61 Å². The van der Waals surface area contributed by atoms with Crippen molar-refractivity contribution < 1.29 is 37.0 Å². The highest BCUT2D eigenvalue weighted by Gasteiger charge is 2.31. The Hall–Kier alpha value is -3.97. The molecule has 180 valence electrons. The van der Waals surface area contributed by atoms with E-state index in [2.05, 4.69) is 31.0 Å². The quantitative estimate of drug-likeness (QED) is 0.415. The fourth-order valence-corrected chi connectivity index (χ4v) is 2.52. The first-order valence-corrected chi connectivity index (χ1v) is 9.81. The second kappa shape index (κ2) is 11.6. The van der Waals surface area contributed by atoms with Crippen LogP contribution in [0.2, 0.25) is 0 Å². The molecule has 0 saturated carbocycles. The van der Waals surface area contributed by atoms with Gasteiger partial charge in [-0.1, -0.05) is 0 Å². The van der Waals surface area contributed by atoms with E-state index in [0.29, 0.717) is 6.54 Å². The van der Waals surface area contributed by atoms with Crippen LogP contribution in [-0.2, 0) is 11.3 Å². The molecule has 4 amide bonds. The first-order valence-electron chi connectivity index (χ1n) is 9.81. The highest BCUT2D eigenvalue weighted by Crippen LogP contribution is 2.24. The number of hydrogen-bond donors (Lipinski definition) is 4. The van der Waals surface area contributed by atoms with Crippen LogP contribution in [0.1, 0.15) is 24.5 Å². The Balaban J connectivity index is 1.90. The molecular weight excluding hydrogens is 449 g/mol. The monoisotopic (exact) mass is 472 g/mol. The number of rotatable bonds is 9. The molecule has 0 aliphatic heterocycles. The number of carbonyl (C=O) groups is 3. The summed E-state index contributed by atoms with van der Waals surface area (Å²) in [7, 11) is 0. The number of aromatic nitrogens is 2. The summed E-state index contributed by atoms with van der Waals surface area (Å²) in [6.07, 6.45) is -3.96. The molecule has 0 aliphatic carbocycles. The molecule has 0 saturated heterocycles.